The summed E-state index contributed by atoms with van der Waals surface area (Å²) in [6.07, 6.45) is 4.35. The molecular weight excluding hydrogens is 272 g/mol. The lowest BCUT2D eigenvalue weighted by atomic mass is 10.1. The van der Waals surface area contributed by atoms with Gasteiger partial charge in [-0.3, -0.25) is 9.59 Å². The lowest BCUT2D eigenvalue weighted by Crippen LogP contribution is -2.53. The number of para-hydroxylation sites is 1. The Morgan fingerprint density at radius 3 is 2.80 bits per heavy atom. The van der Waals surface area contributed by atoms with Gasteiger partial charge in [-0.25, -0.2) is 0 Å². The maximum Gasteiger partial charge on any atom is 0.250 e. The second kappa shape index (κ2) is 5.13. The van der Waals surface area contributed by atoms with Gasteiger partial charge >= 0.3 is 0 Å². The van der Waals surface area contributed by atoms with Gasteiger partial charge in [0.2, 0.25) is 11.8 Å². The molecule has 20 heavy (non-hydrogen) atoms. The summed E-state index contributed by atoms with van der Waals surface area (Å²) in [4.78, 5) is 25.7. The van der Waals surface area contributed by atoms with E-state index in [0.717, 1.165) is 36.3 Å². The van der Waals surface area contributed by atoms with Gasteiger partial charge in [-0.15, -0.1) is 0 Å². The van der Waals surface area contributed by atoms with Crippen LogP contribution in [0.15, 0.2) is 29.2 Å². The molecule has 3 rings (SSSR count). The van der Waals surface area contributed by atoms with Crippen LogP contribution in [-0.4, -0.2) is 22.6 Å². The fourth-order valence-electron chi connectivity index (χ4n) is 2.71. The van der Waals surface area contributed by atoms with Crippen LogP contribution in [0, 0.1) is 0 Å². The van der Waals surface area contributed by atoms with E-state index in [1.165, 1.54) is 11.8 Å². The van der Waals surface area contributed by atoms with Crippen LogP contribution >= 0.6 is 11.8 Å². The van der Waals surface area contributed by atoms with Gasteiger partial charge in [0.05, 0.1) is 5.69 Å². The average molecular weight is 290 g/mol. The number of nitrogens with one attached hydrogen (secondary N) is 2. The van der Waals surface area contributed by atoms with E-state index < -0.39 is 4.75 Å². The number of thioether (sulfide) groups is 1. The van der Waals surface area contributed by atoms with Gasteiger partial charge in [0, 0.05) is 10.9 Å². The van der Waals surface area contributed by atoms with Gasteiger partial charge in [-0.05, 0) is 31.9 Å². The minimum Gasteiger partial charge on any atom is -0.352 e. The van der Waals surface area contributed by atoms with E-state index in [2.05, 4.69) is 10.6 Å². The first-order chi connectivity index (χ1) is 9.59. The lowest BCUT2D eigenvalue weighted by Gasteiger charge is -2.32. The van der Waals surface area contributed by atoms with Crippen LogP contribution in [-0.2, 0) is 9.59 Å². The summed E-state index contributed by atoms with van der Waals surface area (Å²) in [5.41, 5.74) is 0.786. The molecule has 0 saturated heterocycles. The fraction of sp³-hybridized carbons (Fsp3) is 0.467. The summed E-state index contributed by atoms with van der Waals surface area (Å²) in [6, 6.07) is 7.80. The molecular formula is C15H18N2O2S. The Hall–Kier alpha value is -1.49. The molecule has 0 radical (unpaired) electrons. The van der Waals surface area contributed by atoms with Crippen molar-refractivity contribution in [2.45, 2.75) is 48.3 Å². The zero-order chi connectivity index (χ0) is 14.2. The summed E-state index contributed by atoms with van der Waals surface area (Å²) in [5, 5.41) is 5.87. The molecule has 0 aromatic heterocycles. The van der Waals surface area contributed by atoms with Gasteiger partial charge in [-0.1, -0.05) is 36.7 Å². The van der Waals surface area contributed by atoms with Crippen molar-refractivity contribution in [3.05, 3.63) is 24.3 Å². The Labute approximate surface area is 122 Å². The first kappa shape index (κ1) is 13.5. The minimum absolute atomic E-state index is 0.179. The Kier molecular flexibility index (Phi) is 3.46. The van der Waals surface area contributed by atoms with Gasteiger partial charge in [0.25, 0.3) is 0 Å². The number of anilines is 1. The first-order valence-electron chi connectivity index (χ1n) is 7.00. The molecule has 1 atom stereocenters. The first-order valence-corrected chi connectivity index (χ1v) is 7.82. The molecule has 1 heterocycles. The van der Waals surface area contributed by atoms with Gasteiger partial charge in [0.15, 0.2) is 4.75 Å². The van der Waals surface area contributed by atoms with Crippen LogP contribution in [0.3, 0.4) is 0 Å². The summed E-state index contributed by atoms with van der Waals surface area (Å²) in [7, 11) is 0. The second-order valence-electron chi connectivity index (χ2n) is 5.54. The van der Waals surface area contributed by atoms with Crippen molar-refractivity contribution >= 4 is 29.3 Å². The lowest BCUT2D eigenvalue weighted by molar-refractivity contribution is -0.130. The molecule has 106 valence electrons. The summed E-state index contributed by atoms with van der Waals surface area (Å²) in [5.74, 6) is -0.418. The van der Waals surface area contributed by atoms with Crippen molar-refractivity contribution in [3.63, 3.8) is 0 Å². The number of rotatable bonds is 2. The van der Waals surface area contributed by atoms with E-state index in [4.69, 9.17) is 0 Å². The number of carbonyl (C=O) groups excluding carboxylic acids is 2. The third kappa shape index (κ3) is 2.30. The van der Waals surface area contributed by atoms with Crippen LogP contribution in [0.2, 0.25) is 0 Å². The number of hydrogen-bond donors (Lipinski definition) is 2. The van der Waals surface area contributed by atoms with E-state index in [1.54, 1.807) is 6.92 Å². The highest BCUT2D eigenvalue weighted by atomic mass is 32.2. The average Bonchev–Trinajstić information content (AvgIpc) is 2.93. The largest absolute Gasteiger partial charge is 0.352 e. The predicted molar refractivity (Wildman–Crippen MR) is 79.7 cm³/mol. The number of carbonyl (C=O) groups is 2. The van der Waals surface area contributed by atoms with Gasteiger partial charge < -0.3 is 10.6 Å². The molecule has 0 bridgehead atoms. The van der Waals surface area contributed by atoms with Crippen LogP contribution < -0.4 is 10.6 Å². The molecule has 1 aromatic rings. The van der Waals surface area contributed by atoms with Crippen molar-refractivity contribution < 1.29 is 9.59 Å². The van der Waals surface area contributed by atoms with Crippen LogP contribution in [0.1, 0.15) is 32.6 Å². The van der Waals surface area contributed by atoms with Crippen molar-refractivity contribution in [1.29, 1.82) is 0 Å². The predicted octanol–water partition coefficient (Wildman–Crippen LogP) is 2.55. The highest BCUT2D eigenvalue weighted by molar-refractivity contribution is 8.02. The highest BCUT2D eigenvalue weighted by Gasteiger charge is 2.46. The minimum atomic E-state index is -1.09. The fourth-order valence-corrected chi connectivity index (χ4v) is 3.82. The topological polar surface area (TPSA) is 58.2 Å². The molecule has 1 saturated carbocycles. The normalized spacial score (nSPS) is 25.9. The van der Waals surface area contributed by atoms with E-state index in [-0.39, 0.29) is 17.9 Å². The maximum atomic E-state index is 12.5. The molecule has 0 spiro atoms. The van der Waals surface area contributed by atoms with Crippen LogP contribution in [0.5, 0.6) is 0 Å². The number of amides is 2. The van der Waals surface area contributed by atoms with Crippen LogP contribution in [0.25, 0.3) is 0 Å². The van der Waals surface area contributed by atoms with Gasteiger partial charge in [-0.2, -0.15) is 0 Å². The van der Waals surface area contributed by atoms with Gasteiger partial charge in [0.1, 0.15) is 0 Å². The third-order valence-electron chi connectivity index (χ3n) is 4.01. The number of fused-ring (bicyclic) bond motifs is 1. The molecule has 1 fully saturated rings. The Morgan fingerprint density at radius 2 is 2.05 bits per heavy atom. The zero-order valence-corrected chi connectivity index (χ0v) is 12.3. The molecule has 0 unspecified atom stereocenters. The Balaban J connectivity index is 1.80. The van der Waals surface area contributed by atoms with E-state index in [1.807, 2.05) is 24.3 Å². The second-order valence-corrected chi connectivity index (χ2v) is 7.00. The quantitative estimate of drug-likeness (QED) is 0.823. The van der Waals surface area contributed by atoms with Crippen LogP contribution in [0.4, 0.5) is 5.69 Å². The zero-order valence-electron chi connectivity index (χ0n) is 11.4. The molecule has 2 aliphatic rings. The van der Waals surface area contributed by atoms with Crippen molar-refractivity contribution in [1.82, 2.24) is 5.32 Å². The molecule has 2 amide bonds. The van der Waals surface area contributed by atoms with Crippen molar-refractivity contribution in [3.8, 4) is 0 Å². The highest BCUT2D eigenvalue weighted by Crippen LogP contribution is 2.42. The van der Waals surface area contributed by atoms with Crippen molar-refractivity contribution in [2.24, 2.45) is 0 Å². The molecule has 4 nitrogen and oxygen atoms in total. The Bertz CT molecular complexity index is 555. The SMILES string of the molecule is C[C@]1(C(=O)NC2CCCC2)Sc2ccccc2NC1=O. The van der Waals surface area contributed by atoms with E-state index in [9.17, 15) is 9.59 Å². The molecule has 2 N–H and O–H groups in total. The number of benzene rings is 1. The summed E-state index contributed by atoms with van der Waals surface area (Å²) in [6.45, 7) is 1.70. The van der Waals surface area contributed by atoms with E-state index >= 15 is 0 Å². The number of hydrogen-bond acceptors (Lipinski definition) is 3. The molecule has 5 heteroatoms. The molecule has 1 aromatic carbocycles. The van der Waals surface area contributed by atoms with E-state index in [0.29, 0.717) is 0 Å². The summed E-state index contributed by atoms with van der Waals surface area (Å²) < 4.78 is -1.09. The monoisotopic (exact) mass is 290 g/mol. The Morgan fingerprint density at radius 1 is 1.35 bits per heavy atom. The maximum absolute atomic E-state index is 12.5. The van der Waals surface area contributed by atoms with Crippen molar-refractivity contribution in [2.75, 3.05) is 5.32 Å². The third-order valence-corrected chi connectivity index (χ3v) is 5.36. The smallest absolute Gasteiger partial charge is 0.250 e. The standard InChI is InChI=1S/C15H18N2O2S/c1-15(13(18)16-10-6-2-3-7-10)14(19)17-11-8-4-5-9-12(11)20-15/h4-5,8-10H,2-3,6-7H2,1H3,(H,16,18)(H,17,19)/t15-/m1/s1. The molecule has 1 aliphatic carbocycles. The summed E-state index contributed by atoms with van der Waals surface area (Å²) >= 11 is 1.33. The molecule has 1 aliphatic heterocycles.